The van der Waals surface area contributed by atoms with E-state index in [2.05, 4.69) is 29.6 Å². The summed E-state index contributed by atoms with van der Waals surface area (Å²) in [7, 11) is 0. The Morgan fingerprint density at radius 1 is 1.22 bits per heavy atom. The fourth-order valence-corrected chi connectivity index (χ4v) is 2.84. The molecular weight excluding hydrogens is 290 g/mol. The summed E-state index contributed by atoms with van der Waals surface area (Å²) in [5.74, 6) is 0.0902. The minimum Gasteiger partial charge on any atom is -0.461 e. The van der Waals surface area contributed by atoms with E-state index >= 15 is 0 Å². The van der Waals surface area contributed by atoms with Gasteiger partial charge in [-0.2, -0.15) is 0 Å². The highest BCUT2D eigenvalue weighted by molar-refractivity contribution is 5.91. The van der Waals surface area contributed by atoms with Crippen molar-refractivity contribution in [3.63, 3.8) is 0 Å². The average Bonchev–Trinajstić information content (AvgIpc) is 2.62. The summed E-state index contributed by atoms with van der Waals surface area (Å²) in [4.78, 5) is 22.6. The lowest BCUT2D eigenvalue weighted by molar-refractivity contribution is -0.139. The number of amides is 1. The topological polar surface area (TPSA) is 55.4 Å². The maximum absolute atomic E-state index is 11.9. The molecule has 0 aliphatic heterocycles. The lowest BCUT2D eigenvalue weighted by atomic mass is 9.81. The van der Waals surface area contributed by atoms with Crippen molar-refractivity contribution in [2.75, 3.05) is 6.61 Å². The maximum Gasteiger partial charge on any atom is 0.354 e. The molecule has 126 valence electrons. The van der Waals surface area contributed by atoms with Crippen molar-refractivity contribution in [2.24, 2.45) is 0 Å². The van der Waals surface area contributed by atoms with E-state index < -0.39 is 5.97 Å². The molecule has 2 rings (SSSR count). The van der Waals surface area contributed by atoms with Gasteiger partial charge < -0.3 is 10.1 Å². The highest BCUT2D eigenvalue weighted by Crippen LogP contribution is 2.36. The number of carbonyl (C=O) groups excluding carboxylic acids is 2. The molecule has 1 amide bonds. The molecule has 0 radical (unpaired) electrons. The number of ether oxygens (including phenoxy) is 1. The third-order valence-electron chi connectivity index (χ3n) is 3.90. The van der Waals surface area contributed by atoms with E-state index in [0.717, 1.165) is 31.3 Å². The van der Waals surface area contributed by atoms with E-state index in [4.69, 9.17) is 4.74 Å². The Balaban J connectivity index is 0.00000127. The van der Waals surface area contributed by atoms with Crippen molar-refractivity contribution in [2.45, 2.75) is 52.4 Å². The highest BCUT2D eigenvalue weighted by atomic mass is 16.5. The molecule has 1 aliphatic rings. The predicted molar refractivity (Wildman–Crippen MR) is 91.9 cm³/mol. The average molecular weight is 317 g/mol. The van der Waals surface area contributed by atoms with E-state index in [-0.39, 0.29) is 0 Å². The molecule has 0 bridgehead atoms. The summed E-state index contributed by atoms with van der Waals surface area (Å²) in [5, 5.41) is 2.52. The monoisotopic (exact) mass is 317 g/mol. The second-order valence-corrected chi connectivity index (χ2v) is 5.15. The van der Waals surface area contributed by atoms with Crippen LogP contribution in [0.1, 0.15) is 57.9 Å². The molecule has 23 heavy (non-hydrogen) atoms. The molecule has 0 atom stereocenters. The Hall–Kier alpha value is -2.10. The third kappa shape index (κ3) is 5.55. The predicted octanol–water partition coefficient (Wildman–Crippen LogP) is 3.93. The molecule has 1 aromatic carbocycles. The Bertz CT molecular complexity index is 513. The van der Waals surface area contributed by atoms with Gasteiger partial charge in [-0.15, -0.1) is 0 Å². The number of hydrogen-bond acceptors (Lipinski definition) is 3. The smallest absolute Gasteiger partial charge is 0.354 e. The normalized spacial score (nSPS) is 16.7. The standard InChI is InChI=1S/C17H21NO3.C2H6/c1-2-21-17(20)16(18-12-19)15-10-8-14(9-11-15)13-6-4-3-5-7-13;1-2/h3-7,12,14H,2,8-11H2,1H3,(H,18,19);1-2H3. The van der Waals surface area contributed by atoms with Gasteiger partial charge in [-0.25, -0.2) is 4.79 Å². The molecule has 1 aromatic rings. The zero-order chi connectivity index (χ0) is 17.1. The van der Waals surface area contributed by atoms with Crippen LogP contribution in [0.5, 0.6) is 0 Å². The number of nitrogens with one attached hydrogen (secondary N) is 1. The number of allylic oxidation sites excluding steroid dienone is 1. The minimum absolute atomic E-state index is 0.308. The fourth-order valence-electron chi connectivity index (χ4n) is 2.84. The quantitative estimate of drug-likeness (QED) is 0.508. The summed E-state index contributed by atoms with van der Waals surface area (Å²) >= 11 is 0. The van der Waals surface area contributed by atoms with Crippen molar-refractivity contribution in [3.8, 4) is 0 Å². The lowest BCUT2D eigenvalue weighted by Gasteiger charge is -2.25. The van der Waals surface area contributed by atoms with Crippen LogP contribution in [0.25, 0.3) is 0 Å². The van der Waals surface area contributed by atoms with Crippen LogP contribution in [0, 0.1) is 0 Å². The Kier molecular flexibility index (Phi) is 8.73. The molecule has 1 fully saturated rings. The number of carbonyl (C=O) groups is 2. The van der Waals surface area contributed by atoms with Crippen LogP contribution in [0.2, 0.25) is 0 Å². The zero-order valence-corrected chi connectivity index (χ0v) is 14.3. The summed E-state index contributed by atoms with van der Waals surface area (Å²) in [6.07, 6.45) is 4.15. The van der Waals surface area contributed by atoms with Crippen molar-refractivity contribution in [3.05, 3.63) is 47.2 Å². The molecule has 0 saturated heterocycles. The first-order chi connectivity index (χ1) is 11.3. The number of hydrogen-bond donors (Lipinski definition) is 1. The SMILES string of the molecule is CC.CCOC(=O)C(NC=O)=C1CCC(c2ccccc2)CC1. The van der Waals surface area contributed by atoms with Crippen LogP contribution in [-0.4, -0.2) is 19.0 Å². The highest BCUT2D eigenvalue weighted by Gasteiger charge is 2.23. The third-order valence-corrected chi connectivity index (χ3v) is 3.90. The molecule has 1 aliphatic carbocycles. The van der Waals surface area contributed by atoms with E-state index in [1.54, 1.807) is 6.92 Å². The molecule has 4 nitrogen and oxygen atoms in total. The van der Waals surface area contributed by atoms with Crippen LogP contribution in [-0.2, 0) is 14.3 Å². The molecule has 0 unspecified atom stereocenters. The largest absolute Gasteiger partial charge is 0.461 e. The van der Waals surface area contributed by atoms with Gasteiger partial charge in [-0.3, -0.25) is 4.79 Å². The molecule has 0 spiro atoms. The van der Waals surface area contributed by atoms with E-state index in [0.29, 0.717) is 24.6 Å². The van der Waals surface area contributed by atoms with Gasteiger partial charge in [0.15, 0.2) is 0 Å². The van der Waals surface area contributed by atoms with Gasteiger partial charge in [0.05, 0.1) is 6.61 Å². The first-order valence-electron chi connectivity index (χ1n) is 8.40. The minimum atomic E-state index is -0.433. The van der Waals surface area contributed by atoms with Crippen LogP contribution in [0.4, 0.5) is 0 Å². The molecule has 4 heteroatoms. The van der Waals surface area contributed by atoms with Gasteiger partial charge >= 0.3 is 5.97 Å². The van der Waals surface area contributed by atoms with Gasteiger partial charge in [0.2, 0.25) is 6.41 Å². The Morgan fingerprint density at radius 2 is 1.83 bits per heavy atom. The molecule has 1 saturated carbocycles. The van der Waals surface area contributed by atoms with Gasteiger partial charge in [0, 0.05) is 0 Å². The maximum atomic E-state index is 11.9. The summed E-state index contributed by atoms with van der Waals surface area (Å²) in [5.41, 5.74) is 2.67. The first-order valence-corrected chi connectivity index (χ1v) is 8.40. The number of rotatable bonds is 5. The summed E-state index contributed by atoms with van der Waals surface area (Å²) < 4.78 is 5.00. The van der Waals surface area contributed by atoms with Crippen LogP contribution < -0.4 is 5.32 Å². The first kappa shape index (κ1) is 18.9. The second-order valence-electron chi connectivity index (χ2n) is 5.15. The summed E-state index contributed by atoms with van der Waals surface area (Å²) in [6.45, 7) is 6.07. The number of benzene rings is 1. The molecule has 0 heterocycles. The van der Waals surface area contributed by atoms with Gasteiger partial charge in [0.1, 0.15) is 5.70 Å². The van der Waals surface area contributed by atoms with Crippen molar-refractivity contribution in [1.29, 1.82) is 0 Å². The lowest BCUT2D eigenvalue weighted by Crippen LogP contribution is -2.24. The Labute approximate surface area is 138 Å². The van der Waals surface area contributed by atoms with E-state index in [1.165, 1.54) is 5.56 Å². The summed E-state index contributed by atoms with van der Waals surface area (Å²) in [6, 6.07) is 10.4. The van der Waals surface area contributed by atoms with Gasteiger partial charge in [0.25, 0.3) is 0 Å². The molecule has 1 N–H and O–H groups in total. The van der Waals surface area contributed by atoms with Crippen molar-refractivity contribution < 1.29 is 14.3 Å². The van der Waals surface area contributed by atoms with Crippen LogP contribution in [0.3, 0.4) is 0 Å². The van der Waals surface area contributed by atoms with E-state index in [9.17, 15) is 9.59 Å². The van der Waals surface area contributed by atoms with Gasteiger partial charge in [-0.1, -0.05) is 44.2 Å². The van der Waals surface area contributed by atoms with Crippen molar-refractivity contribution >= 4 is 12.4 Å². The fraction of sp³-hybridized carbons (Fsp3) is 0.474. The number of esters is 1. The van der Waals surface area contributed by atoms with Crippen LogP contribution in [0.15, 0.2) is 41.6 Å². The molecule has 0 aromatic heterocycles. The second kappa shape index (κ2) is 10.6. The Morgan fingerprint density at radius 3 is 2.35 bits per heavy atom. The molecular formula is C19H27NO3. The van der Waals surface area contributed by atoms with E-state index in [1.807, 2.05) is 19.9 Å². The van der Waals surface area contributed by atoms with Crippen LogP contribution >= 0.6 is 0 Å². The van der Waals surface area contributed by atoms with Gasteiger partial charge in [-0.05, 0) is 49.7 Å². The zero-order valence-electron chi connectivity index (χ0n) is 14.3. The van der Waals surface area contributed by atoms with Crippen molar-refractivity contribution in [1.82, 2.24) is 5.32 Å².